The van der Waals surface area contributed by atoms with E-state index in [1.807, 2.05) is 6.92 Å². The maximum Gasteiger partial charge on any atom is 0.253 e. The highest BCUT2D eigenvalue weighted by Crippen LogP contribution is 2.26. The van der Waals surface area contributed by atoms with E-state index in [1.165, 1.54) is 13.3 Å². The molecule has 1 atom stereocenters. The number of halogens is 2. The van der Waals surface area contributed by atoms with Crippen LogP contribution in [0.2, 0.25) is 10.0 Å². The largest absolute Gasteiger partial charge is 0.481 e. The van der Waals surface area contributed by atoms with E-state index >= 15 is 0 Å². The molecule has 1 aromatic carbocycles. The number of nitrogens with one attached hydrogen (secondary N) is 1. The summed E-state index contributed by atoms with van der Waals surface area (Å²) in [6.07, 6.45) is 1.46. The SMILES string of the molecule is COc1ccc(C(=O)NC(C)c2ccc(Cl)cc2Cl)cn1. The molecule has 0 radical (unpaired) electrons. The first-order chi connectivity index (χ1) is 10.0. The molecule has 0 saturated heterocycles. The van der Waals surface area contributed by atoms with Gasteiger partial charge in [-0.2, -0.15) is 0 Å². The van der Waals surface area contributed by atoms with Gasteiger partial charge in [0.1, 0.15) is 0 Å². The van der Waals surface area contributed by atoms with Crippen molar-refractivity contribution in [2.45, 2.75) is 13.0 Å². The van der Waals surface area contributed by atoms with Crippen molar-refractivity contribution < 1.29 is 9.53 Å². The topological polar surface area (TPSA) is 51.2 Å². The first-order valence-corrected chi connectivity index (χ1v) is 7.02. The highest BCUT2D eigenvalue weighted by atomic mass is 35.5. The van der Waals surface area contributed by atoms with E-state index in [1.54, 1.807) is 30.3 Å². The lowest BCUT2D eigenvalue weighted by atomic mass is 10.1. The third-order valence-electron chi connectivity index (χ3n) is 2.98. The molecule has 21 heavy (non-hydrogen) atoms. The lowest BCUT2D eigenvalue weighted by Crippen LogP contribution is -2.26. The minimum atomic E-state index is -0.246. The minimum Gasteiger partial charge on any atom is -0.481 e. The number of hydrogen-bond acceptors (Lipinski definition) is 3. The summed E-state index contributed by atoms with van der Waals surface area (Å²) in [4.78, 5) is 16.1. The van der Waals surface area contributed by atoms with Gasteiger partial charge in [0.25, 0.3) is 5.91 Å². The zero-order chi connectivity index (χ0) is 15.4. The number of ether oxygens (including phenoxy) is 1. The molecule has 1 amide bonds. The monoisotopic (exact) mass is 324 g/mol. The molecule has 4 nitrogen and oxygen atoms in total. The van der Waals surface area contributed by atoms with E-state index in [2.05, 4.69) is 10.3 Å². The fraction of sp³-hybridized carbons (Fsp3) is 0.200. The number of amides is 1. The van der Waals surface area contributed by atoms with Crippen molar-refractivity contribution in [3.05, 3.63) is 57.7 Å². The van der Waals surface area contributed by atoms with Crippen molar-refractivity contribution >= 4 is 29.1 Å². The molecule has 1 unspecified atom stereocenters. The van der Waals surface area contributed by atoms with Crippen LogP contribution in [0.5, 0.6) is 5.88 Å². The van der Waals surface area contributed by atoms with Crippen molar-refractivity contribution in [2.75, 3.05) is 7.11 Å². The van der Waals surface area contributed by atoms with E-state index in [4.69, 9.17) is 27.9 Å². The van der Waals surface area contributed by atoms with Crippen LogP contribution in [0.25, 0.3) is 0 Å². The lowest BCUT2D eigenvalue weighted by Gasteiger charge is -2.16. The Hall–Kier alpha value is -1.78. The number of rotatable bonds is 4. The van der Waals surface area contributed by atoms with Crippen LogP contribution in [0.3, 0.4) is 0 Å². The van der Waals surface area contributed by atoms with Gasteiger partial charge in [0.15, 0.2) is 0 Å². The maximum absolute atomic E-state index is 12.1. The summed E-state index contributed by atoms with van der Waals surface area (Å²) < 4.78 is 4.95. The first kappa shape index (κ1) is 15.6. The first-order valence-electron chi connectivity index (χ1n) is 6.27. The van der Waals surface area contributed by atoms with Gasteiger partial charge in [0.2, 0.25) is 5.88 Å². The van der Waals surface area contributed by atoms with E-state index in [-0.39, 0.29) is 11.9 Å². The quantitative estimate of drug-likeness (QED) is 0.928. The summed E-state index contributed by atoms with van der Waals surface area (Å²) in [5.41, 5.74) is 1.25. The van der Waals surface area contributed by atoms with Gasteiger partial charge in [-0.15, -0.1) is 0 Å². The van der Waals surface area contributed by atoms with E-state index in [0.29, 0.717) is 21.5 Å². The molecule has 1 aromatic heterocycles. The predicted octanol–water partition coefficient (Wildman–Crippen LogP) is 3.89. The number of benzene rings is 1. The van der Waals surface area contributed by atoms with Crippen molar-refractivity contribution in [3.8, 4) is 5.88 Å². The Bertz CT molecular complexity index is 645. The van der Waals surface area contributed by atoms with Crippen LogP contribution < -0.4 is 10.1 Å². The Morgan fingerprint density at radius 1 is 1.29 bits per heavy atom. The van der Waals surface area contributed by atoms with Gasteiger partial charge in [-0.3, -0.25) is 4.79 Å². The fourth-order valence-corrected chi connectivity index (χ4v) is 2.42. The van der Waals surface area contributed by atoms with Gasteiger partial charge in [-0.1, -0.05) is 29.3 Å². The molecule has 2 rings (SSSR count). The number of nitrogens with zero attached hydrogens (tertiary/aromatic N) is 1. The Kier molecular flexibility index (Phi) is 5.04. The zero-order valence-electron chi connectivity index (χ0n) is 11.6. The van der Waals surface area contributed by atoms with Gasteiger partial charge in [0.05, 0.1) is 18.7 Å². The molecule has 0 spiro atoms. The van der Waals surface area contributed by atoms with E-state index < -0.39 is 0 Å². The molecule has 6 heteroatoms. The second-order valence-electron chi connectivity index (χ2n) is 4.45. The smallest absolute Gasteiger partial charge is 0.253 e. The Morgan fingerprint density at radius 3 is 2.62 bits per heavy atom. The summed E-state index contributed by atoms with van der Waals surface area (Å²) >= 11 is 12.0. The van der Waals surface area contributed by atoms with Crippen LogP contribution in [0.4, 0.5) is 0 Å². The number of hydrogen-bond donors (Lipinski definition) is 1. The molecule has 0 fully saturated rings. The number of aromatic nitrogens is 1. The molecule has 0 aliphatic heterocycles. The van der Waals surface area contributed by atoms with Crippen LogP contribution >= 0.6 is 23.2 Å². The third kappa shape index (κ3) is 3.86. The highest BCUT2D eigenvalue weighted by Gasteiger charge is 2.14. The van der Waals surface area contributed by atoms with Gasteiger partial charge < -0.3 is 10.1 Å². The molecule has 1 heterocycles. The lowest BCUT2D eigenvalue weighted by molar-refractivity contribution is 0.0939. The molecule has 1 N–H and O–H groups in total. The predicted molar refractivity (Wildman–Crippen MR) is 83.1 cm³/mol. The molecule has 0 saturated carbocycles. The average molecular weight is 325 g/mol. The number of pyridine rings is 1. The second kappa shape index (κ2) is 6.78. The van der Waals surface area contributed by atoms with Gasteiger partial charge in [-0.05, 0) is 30.7 Å². The van der Waals surface area contributed by atoms with Crippen LogP contribution in [0.15, 0.2) is 36.5 Å². The molecular formula is C15H14Cl2N2O2. The van der Waals surface area contributed by atoms with E-state index in [0.717, 1.165) is 5.56 Å². The maximum atomic E-state index is 12.1. The number of carbonyl (C=O) groups is 1. The fourth-order valence-electron chi connectivity index (χ4n) is 1.85. The Balaban J connectivity index is 2.10. The summed E-state index contributed by atoms with van der Waals surface area (Å²) in [5, 5.41) is 3.94. The molecule has 2 aromatic rings. The molecule has 0 aliphatic rings. The zero-order valence-corrected chi connectivity index (χ0v) is 13.1. The Morgan fingerprint density at radius 2 is 2.05 bits per heavy atom. The highest BCUT2D eigenvalue weighted by molar-refractivity contribution is 6.35. The summed E-state index contributed by atoms with van der Waals surface area (Å²) in [6, 6.07) is 8.22. The molecule has 0 aliphatic carbocycles. The van der Waals surface area contributed by atoms with Crippen molar-refractivity contribution in [3.63, 3.8) is 0 Å². The second-order valence-corrected chi connectivity index (χ2v) is 5.29. The summed E-state index contributed by atoms with van der Waals surface area (Å²) in [7, 11) is 1.52. The van der Waals surface area contributed by atoms with E-state index in [9.17, 15) is 4.79 Å². The summed E-state index contributed by atoms with van der Waals surface area (Å²) in [5.74, 6) is 0.226. The van der Waals surface area contributed by atoms with Crippen molar-refractivity contribution in [2.24, 2.45) is 0 Å². The van der Waals surface area contributed by atoms with Gasteiger partial charge in [-0.25, -0.2) is 4.98 Å². The minimum absolute atomic E-state index is 0.233. The standard InChI is InChI=1S/C15H14Cl2N2O2/c1-9(12-5-4-11(16)7-13(12)17)19-15(20)10-3-6-14(21-2)18-8-10/h3-9H,1-2H3,(H,19,20). The van der Waals surface area contributed by atoms with Crippen LogP contribution in [-0.4, -0.2) is 18.0 Å². The van der Waals surface area contributed by atoms with Crippen LogP contribution in [0, 0.1) is 0 Å². The molecular weight excluding hydrogens is 311 g/mol. The van der Waals surface area contributed by atoms with Crippen molar-refractivity contribution in [1.82, 2.24) is 10.3 Å². The molecule has 110 valence electrons. The van der Waals surface area contributed by atoms with Crippen LogP contribution in [0.1, 0.15) is 28.9 Å². The molecule has 0 bridgehead atoms. The van der Waals surface area contributed by atoms with Crippen molar-refractivity contribution in [1.29, 1.82) is 0 Å². The Labute approximate surface area is 133 Å². The average Bonchev–Trinajstić information content (AvgIpc) is 2.47. The van der Waals surface area contributed by atoms with Gasteiger partial charge >= 0.3 is 0 Å². The van der Waals surface area contributed by atoms with Gasteiger partial charge in [0, 0.05) is 22.3 Å². The number of carbonyl (C=O) groups excluding carboxylic acids is 1. The summed E-state index contributed by atoms with van der Waals surface area (Å²) in [6.45, 7) is 1.85. The third-order valence-corrected chi connectivity index (χ3v) is 3.55. The van der Waals surface area contributed by atoms with Crippen LogP contribution in [-0.2, 0) is 0 Å². The number of methoxy groups -OCH3 is 1. The normalized spacial score (nSPS) is 11.8.